The van der Waals surface area contributed by atoms with E-state index in [1.54, 1.807) is 24.3 Å². The SMILES string of the molecule is CCCOc1ccc(OC(C)=O)c(C(=O)Nc2cc(-c3ccccc3)ccc2C(=O)OC)c1. The molecule has 3 rings (SSSR count). The summed E-state index contributed by atoms with van der Waals surface area (Å²) in [7, 11) is 1.27. The average molecular weight is 447 g/mol. The van der Waals surface area contributed by atoms with E-state index in [4.69, 9.17) is 14.2 Å². The lowest BCUT2D eigenvalue weighted by atomic mass is 10.0. The average Bonchev–Trinajstić information content (AvgIpc) is 2.83. The van der Waals surface area contributed by atoms with Crippen molar-refractivity contribution in [3.63, 3.8) is 0 Å². The Hall–Kier alpha value is -4.13. The van der Waals surface area contributed by atoms with Gasteiger partial charge in [0.2, 0.25) is 0 Å². The molecule has 0 aromatic heterocycles. The third kappa shape index (κ3) is 5.98. The Balaban J connectivity index is 2.01. The summed E-state index contributed by atoms with van der Waals surface area (Å²) in [5.74, 6) is -1.17. The van der Waals surface area contributed by atoms with Crippen molar-refractivity contribution in [3.8, 4) is 22.6 Å². The predicted octanol–water partition coefficient (Wildman–Crippen LogP) is 5.11. The van der Waals surface area contributed by atoms with Crippen LogP contribution in [0.3, 0.4) is 0 Å². The van der Waals surface area contributed by atoms with Gasteiger partial charge in [-0.15, -0.1) is 0 Å². The highest BCUT2D eigenvalue weighted by Gasteiger charge is 2.20. The van der Waals surface area contributed by atoms with Crippen LogP contribution in [-0.4, -0.2) is 31.6 Å². The summed E-state index contributed by atoms with van der Waals surface area (Å²) in [6.45, 7) is 3.69. The van der Waals surface area contributed by atoms with Crippen molar-refractivity contribution >= 4 is 23.5 Å². The summed E-state index contributed by atoms with van der Waals surface area (Å²) in [4.78, 5) is 37.1. The van der Waals surface area contributed by atoms with Crippen LogP contribution in [0.5, 0.6) is 11.5 Å². The second-order valence-corrected chi connectivity index (χ2v) is 7.17. The lowest BCUT2D eigenvalue weighted by Gasteiger charge is -2.15. The van der Waals surface area contributed by atoms with Crippen molar-refractivity contribution in [2.75, 3.05) is 19.0 Å². The van der Waals surface area contributed by atoms with E-state index in [1.807, 2.05) is 37.3 Å². The van der Waals surface area contributed by atoms with Crippen molar-refractivity contribution in [2.45, 2.75) is 20.3 Å². The lowest BCUT2D eigenvalue weighted by Crippen LogP contribution is -2.17. The van der Waals surface area contributed by atoms with Crippen molar-refractivity contribution in [1.82, 2.24) is 0 Å². The first-order chi connectivity index (χ1) is 15.9. The van der Waals surface area contributed by atoms with E-state index in [0.29, 0.717) is 12.4 Å². The number of rotatable bonds is 8. The van der Waals surface area contributed by atoms with Gasteiger partial charge in [0.25, 0.3) is 5.91 Å². The second kappa shape index (κ2) is 10.9. The Kier molecular flexibility index (Phi) is 7.81. The molecule has 0 aliphatic carbocycles. The molecule has 7 nitrogen and oxygen atoms in total. The first kappa shape index (κ1) is 23.5. The normalized spacial score (nSPS) is 10.3. The van der Waals surface area contributed by atoms with E-state index >= 15 is 0 Å². The quantitative estimate of drug-likeness (QED) is 0.381. The monoisotopic (exact) mass is 447 g/mol. The van der Waals surface area contributed by atoms with Gasteiger partial charge in [0.1, 0.15) is 11.5 Å². The van der Waals surface area contributed by atoms with E-state index in [9.17, 15) is 14.4 Å². The summed E-state index contributed by atoms with van der Waals surface area (Å²) in [5, 5.41) is 2.76. The highest BCUT2D eigenvalue weighted by Crippen LogP contribution is 2.29. The number of anilines is 1. The van der Waals surface area contributed by atoms with Crippen molar-refractivity contribution in [2.24, 2.45) is 0 Å². The zero-order valence-electron chi connectivity index (χ0n) is 18.7. The van der Waals surface area contributed by atoms with Gasteiger partial charge >= 0.3 is 11.9 Å². The van der Waals surface area contributed by atoms with E-state index in [1.165, 1.54) is 26.2 Å². The van der Waals surface area contributed by atoms with E-state index < -0.39 is 17.8 Å². The summed E-state index contributed by atoms with van der Waals surface area (Å²) in [6, 6.07) is 19.2. The Labute approximate surface area is 192 Å². The standard InChI is InChI=1S/C26H25NO6/c1-4-14-32-20-11-13-24(33-17(2)28)22(16-20)25(29)27-23-15-19(18-8-6-5-7-9-18)10-12-21(23)26(30)31-3/h5-13,15-16H,4,14H2,1-3H3,(H,27,29). The van der Waals surface area contributed by atoms with Crippen LogP contribution in [-0.2, 0) is 9.53 Å². The molecular weight excluding hydrogens is 422 g/mol. The van der Waals surface area contributed by atoms with Crippen LogP contribution in [0.15, 0.2) is 66.7 Å². The molecule has 0 bridgehead atoms. The van der Waals surface area contributed by atoms with Crippen LogP contribution < -0.4 is 14.8 Å². The number of ether oxygens (including phenoxy) is 3. The Morgan fingerprint density at radius 2 is 1.64 bits per heavy atom. The van der Waals surface area contributed by atoms with Gasteiger partial charge in [0, 0.05) is 6.92 Å². The zero-order valence-corrected chi connectivity index (χ0v) is 18.7. The van der Waals surface area contributed by atoms with Gasteiger partial charge in [-0.25, -0.2) is 4.79 Å². The van der Waals surface area contributed by atoms with Gasteiger partial charge in [-0.3, -0.25) is 9.59 Å². The molecule has 3 aromatic carbocycles. The highest BCUT2D eigenvalue weighted by atomic mass is 16.5. The number of esters is 2. The van der Waals surface area contributed by atoms with E-state index in [2.05, 4.69) is 5.32 Å². The fourth-order valence-electron chi connectivity index (χ4n) is 3.18. The van der Waals surface area contributed by atoms with Crippen molar-refractivity contribution < 1.29 is 28.6 Å². The van der Waals surface area contributed by atoms with Gasteiger partial charge in [-0.1, -0.05) is 43.3 Å². The molecule has 170 valence electrons. The molecule has 0 spiro atoms. The van der Waals surface area contributed by atoms with Crippen LogP contribution in [0.25, 0.3) is 11.1 Å². The van der Waals surface area contributed by atoms with Crippen LogP contribution in [0.4, 0.5) is 5.69 Å². The number of benzene rings is 3. The van der Waals surface area contributed by atoms with Gasteiger partial charge in [0.15, 0.2) is 0 Å². The Morgan fingerprint density at radius 3 is 2.30 bits per heavy atom. The topological polar surface area (TPSA) is 90.9 Å². The number of hydrogen-bond donors (Lipinski definition) is 1. The predicted molar refractivity (Wildman–Crippen MR) is 125 cm³/mol. The molecule has 1 amide bonds. The van der Waals surface area contributed by atoms with Gasteiger partial charge < -0.3 is 19.5 Å². The number of carbonyl (C=O) groups is 3. The molecule has 0 radical (unpaired) electrons. The minimum absolute atomic E-state index is 0.0858. The fourth-order valence-corrected chi connectivity index (χ4v) is 3.18. The Morgan fingerprint density at radius 1 is 0.879 bits per heavy atom. The second-order valence-electron chi connectivity index (χ2n) is 7.17. The number of methoxy groups -OCH3 is 1. The fraction of sp³-hybridized carbons (Fsp3) is 0.192. The van der Waals surface area contributed by atoms with Crippen LogP contribution in [0.2, 0.25) is 0 Å². The molecule has 0 atom stereocenters. The van der Waals surface area contributed by atoms with Crippen molar-refractivity contribution in [1.29, 1.82) is 0 Å². The number of amides is 1. The molecule has 0 heterocycles. The van der Waals surface area contributed by atoms with Crippen LogP contribution >= 0.6 is 0 Å². The Bertz CT molecular complexity index is 1160. The van der Waals surface area contributed by atoms with Crippen LogP contribution in [0.1, 0.15) is 41.0 Å². The molecule has 0 aliphatic rings. The molecule has 0 fully saturated rings. The molecule has 1 N–H and O–H groups in total. The molecule has 7 heteroatoms. The number of hydrogen-bond acceptors (Lipinski definition) is 6. The molecule has 0 saturated heterocycles. The summed E-state index contributed by atoms with van der Waals surface area (Å²) in [6.07, 6.45) is 0.794. The first-order valence-corrected chi connectivity index (χ1v) is 10.5. The van der Waals surface area contributed by atoms with E-state index in [-0.39, 0.29) is 22.6 Å². The zero-order chi connectivity index (χ0) is 23.8. The smallest absolute Gasteiger partial charge is 0.339 e. The minimum Gasteiger partial charge on any atom is -0.494 e. The molecule has 0 aliphatic heterocycles. The minimum atomic E-state index is -0.592. The molecule has 0 saturated carbocycles. The summed E-state index contributed by atoms with van der Waals surface area (Å²) in [5.41, 5.74) is 2.28. The van der Waals surface area contributed by atoms with Gasteiger partial charge in [0.05, 0.1) is 30.5 Å². The summed E-state index contributed by atoms with van der Waals surface area (Å²) < 4.78 is 15.7. The summed E-state index contributed by atoms with van der Waals surface area (Å²) >= 11 is 0. The van der Waals surface area contributed by atoms with Gasteiger partial charge in [-0.05, 0) is 47.9 Å². The molecular formula is C26H25NO6. The molecule has 0 unspecified atom stereocenters. The third-order valence-electron chi connectivity index (χ3n) is 4.70. The molecule has 3 aromatic rings. The number of carbonyl (C=O) groups excluding carboxylic acids is 3. The maximum absolute atomic E-state index is 13.2. The van der Waals surface area contributed by atoms with Gasteiger partial charge in [-0.2, -0.15) is 0 Å². The molecule has 33 heavy (non-hydrogen) atoms. The number of nitrogens with one attached hydrogen (secondary N) is 1. The maximum atomic E-state index is 13.2. The first-order valence-electron chi connectivity index (χ1n) is 10.5. The maximum Gasteiger partial charge on any atom is 0.339 e. The highest BCUT2D eigenvalue weighted by molar-refractivity contribution is 6.10. The van der Waals surface area contributed by atoms with Crippen LogP contribution in [0, 0.1) is 0 Å². The lowest BCUT2D eigenvalue weighted by molar-refractivity contribution is -0.131. The van der Waals surface area contributed by atoms with Crippen molar-refractivity contribution in [3.05, 3.63) is 77.9 Å². The largest absolute Gasteiger partial charge is 0.494 e. The third-order valence-corrected chi connectivity index (χ3v) is 4.70. The van der Waals surface area contributed by atoms with E-state index in [0.717, 1.165) is 17.5 Å².